The van der Waals surface area contributed by atoms with Gasteiger partial charge in [0.25, 0.3) is 0 Å². The zero-order valence-electron chi connectivity index (χ0n) is 13.7. The summed E-state index contributed by atoms with van der Waals surface area (Å²) >= 11 is 0. The molecule has 2 fully saturated rings. The van der Waals surface area contributed by atoms with Crippen molar-refractivity contribution in [1.29, 1.82) is 0 Å². The SMILES string of the molecule is CC(N(C)C1CCC(NC2CC2)(C(N)=O)C1)C(C)(C)C. The highest BCUT2D eigenvalue weighted by Gasteiger charge is 2.48. The van der Waals surface area contributed by atoms with Gasteiger partial charge in [-0.05, 0) is 51.5 Å². The molecule has 0 bridgehead atoms. The van der Waals surface area contributed by atoms with Crippen LogP contribution in [0.1, 0.15) is 59.8 Å². The monoisotopic (exact) mass is 281 g/mol. The van der Waals surface area contributed by atoms with Crippen molar-refractivity contribution in [3.63, 3.8) is 0 Å². The molecule has 3 atom stereocenters. The predicted octanol–water partition coefficient (Wildman–Crippen LogP) is 1.88. The number of nitrogens with zero attached hydrogens (tertiary/aromatic N) is 1. The van der Waals surface area contributed by atoms with Crippen LogP contribution in [-0.2, 0) is 4.79 Å². The van der Waals surface area contributed by atoms with Gasteiger partial charge in [-0.1, -0.05) is 20.8 Å². The van der Waals surface area contributed by atoms with Gasteiger partial charge in [0, 0.05) is 18.1 Å². The molecule has 116 valence electrons. The van der Waals surface area contributed by atoms with Gasteiger partial charge in [0.05, 0.1) is 5.54 Å². The number of primary amides is 1. The Morgan fingerprint density at radius 1 is 1.35 bits per heavy atom. The van der Waals surface area contributed by atoms with Gasteiger partial charge in [0.15, 0.2) is 0 Å². The second kappa shape index (κ2) is 5.30. The molecule has 0 aliphatic heterocycles. The Bertz CT molecular complexity index is 372. The first kappa shape index (κ1) is 15.8. The minimum absolute atomic E-state index is 0.163. The molecule has 3 unspecified atom stereocenters. The largest absolute Gasteiger partial charge is 0.368 e. The van der Waals surface area contributed by atoms with Crippen molar-refractivity contribution in [3.8, 4) is 0 Å². The Labute approximate surface area is 123 Å². The Kier molecular flexibility index (Phi) is 4.18. The summed E-state index contributed by atoms with van der Waals surface area (Å²) in [6.45, 7) is 9.09. The van der Waals surface area contributed by atoms with Crippen LogP contribution in [0.2, 0.25) is 0 Å². The van der Waals surface area contributed by atoms with Crippen molar-refractivity contribution in [2.45, 2.75) is 83.5 Å². The molecule has 0 aromatic heterocycles. The molecule has 4 nitrogen and oxygen atoms in total. The summed E-state index contributed by atoms with van der Waals surface area (Å²) in [5, 5.41) is 3.53. The van der Waals surface area contributed by atoms with E-state index in [1.54, 1.807) is 0 Å². The average Bonchev–Trinajstić information content (AvgIpc) is 3.03. The smallest absolute Gasteiger partial charge is 0.237 e. The lowest BCUT2D eigenvalue weighted by molar-refractivity contribution is -0.124. The molecule has 0 heterocycles. The number of nitrogens with two attached hydrogens (primary N) is 1. The standard InChI is InChI=1S/C16H31N3O/c1-11(15(2,3)4)19(5)13-8-9-16(10-13,14(17)20)18-12-6-7-12/h11-13,18H,6-10H2,1-5H3,(H2,17,20). The first-order chi connectivity index (χ1) is 9.16. The van der Waals surface area contributed by atoms with E-state index < -0.39 is 5.54 Å². The fourth-order valence-electron chi connectivity index (χ4n) is 3.34. The number of hydrogen-bond donors (Lipinski definition) is 2. The highest BCUT2D eigenvalue weighted by atomic mass is 16.1. The van der Waals surface area contributed by atoms with E-state index in [9.17, 15) is 4.79 Å². The first-order valence-electron chi connectivity index (χ1n) is 7.95. The molecule has 20 heavy (non-hydrogen) atoms. The van der Waals surface area contributed by atoms with Crippen LogP contribution in [0.5, 0.6) is 0 Å². The third-order valence-electron chi connectivity index (χ3n) is 5.46. The summed E-state index contributed by atoms with van der Waals surface area (Å²) < 4.78 is 0. The Morgan fingerprint density at radius 2 is 1.95 bits per heavy atom. The summed E-state index contributed by atoms with van der Waals surface area (Å²) in [7, 11) is 2.19. The van der Waals surface area contributed by atoms with Crippen molar-refractivity contribution >= 4 is 5.91 Å². The molecule has 0 aromatic carbocycles. The van der Waals surface area contributed by atoms with E-state index in [2.05, 4.69) is 45.0 Å². The van der Waals surface area contributed by atoms with Crippen LogP contribution in [0.25, 0.3) is 0 Å². The van der Waals surface area contributed by atoms with E-state index in [4.69, 9.17) is 5.73 Å². The molecule has 2 aliphatic rings. The zero-order chi connectivity index (χ0) is 15.1. The minimum Gasteiger partial charge on any atom is -0.368 e. The Morgan fingerprint density at radius 3 is 2.40 bits per heavy atom. The lowest BCUT2D eigenvalue weighted by Crippen LogP contribution is -2.56. The van der Waals surface area contributed by atoms with Crippen LogP contribution in [0.15, 0.2) is 0 Å². The van der Waals surface area contributed by atoms with Crippen molar-refractivity contribution in [1.82, 2.24) is 10.2 Å². The fraction of sp³-hybridized carbons (Fsp3) is 0.938. The van der Waals surface area contributed by atoms with Crippen molar-refractivity contribution in [2.75, 3.05) is 7.05 Å². The van der Waals surface area contributed by atoms with E-state index >= 15 is 0 Å². The maximum Gasteiger partial charge on any atom is 0.237 e. The van der Waals surface area contributed by atoms with E-state index in [1.807, 2.05) is 0 Å². The van der Waals surface area contributed by atoms with Crippen molar-refractivity contribution in [2.24, 2.45) is 11.1 Å². The van der Waals surface area contributed by atoms with E-state index in [0.717, 1.165) is 19.3 Å². The molecule has 1 amide bonds. The van der Waals surface area contributed by atoms with Gasteiger partial charge in [-0.15, -0.1) is 0 Å². The maximum atomic E-state index is 12.0. The van der Waals surface area contributed by atoms with Gasteiger partial charge in [-0.3, -0.25) is 4.79 Å². The van der Waals surface area contributed by atoms with Crippen molar-refractivity contribution < 1.29 is 4.79 Å². The summed E-state index contributed by atoms with van der Waals surface area (Å²) in [4.78, 5) is 14.4. The highest BCUT2D eigenvalue weighted by molar-refractivity contribution is 5.85. The zero-order valence-corrected chi connectivity index (χ0v) is 13.7. The van der Waals surface area contributed by atoms with Gasteiger partial charge in [-0.2, -0.15) is 0 Å². The van der Waals surface area contributed by atoms with Crippen molar-refractivity contribution in [3.05, 3.63) is 0 Å². The summed E-state index contributed by atoms with van der Waals surface area (Å²) in [6, 6.07) is 1.45. The van der Waals surface area contributed by atoms with Gasteiger partial charge in [-0.25, -0.2) is 0 Å². The highest BCUT2D eigenvalue weighted by Crippen LogP contribution is 2.38. The second-order valence-corrected chi connectivity index (χ2v) is 7.97. The van der Waals surface area contributed by atoms with Crippen LogP contribution >= 0.6 is 0 Å². The molecule has 0 aromatic rings. The third-order valence-corrected chi connectivity index (χ3v) is 5.46. The summed E-state index contributed by atoms with van der Waals surface area (Å²) in [5.41, 5.74) is 5.50. The lowest BCUT2D eigenvalue weighted by Gasteiger charge is -2.39. The number of nitrogens with one attached hydrogen (secondary N) is 1. The molecule has 2 rings (SSSR count). The van der Waals surface area contributed by atoms with E-state index in [0.29, 0.717) is 18.1 Å². The minimum atomic E-state index is -0.461. The molecule has 4 heteroatoms. The van der Waals surface area contributed by atoms with E-state index in [-0.39, 0.29) is 11.3 Å². The van der Waals surface area contributed by atoms with Gasteiger partial charge >= 0.3 is 0 Å². The normalized spacial score (nSPS) is 32.6. The molecule has 3 N–H and O–H groups in total. The number of carbonyl (C=O) groups is 1. The average molecular weight is 281 g/mol. The topological polar surface area (TPSA) is 58.4 Å². The lowest BCUT2D eigenvalue weighted by atomic mass is 9.86. The predicted molar refractivity (Wildman–Crippen MR) is 82.4 cm³/mol. The molecular formula is C16H31N3O. The van der Waals surface area contributed by atoms with Gasteiger partial charge in [0.1, 0.15) is 0 Å². The van der Waals surface area contributed by atoms with Crippen LogP contribution in [0.3, 0.4) is 0 Å². The van der Waals surface area contributed by atoms with E-state index in [1.165, 1.54) is 12.8 Å². The van der Waals surface area contributed by atoms with Crippen LogP contribution in [0.4, 0.5) is 0 Å². The molecule has 0 radical (unpaired) electrons. The molecule has 2 aliphatic carbocycles. The summed E-state index contributed by atoms with van der Waals surface area (Å²) in [6.07, 6.45) is 5.17. The molecule has 0 saturated heterocycles. The quantitative estimate of drug-likeness (QED) is 0.809. The second-order valence-electron chi connectivity index (χ2n) is 7.97. The fourth-order valence-corrected chi connectivity index (χ4v) is 3.34. The van der Waals surface area contributed by atoms with Gasteiger partial charge in [0.2, 0.25) is 5.91 Å². The number of amides is 1. The first-order valence-corrected chi connectivity index (χ1v) is 7.95. The third kappa shape index (κ3) is 3.17. The molecular weight excluding hydrogens is 250 g/mol. The number of carbonyl (C=O) groups excluding carboxylic acids is 1. The maximum absolute atomic E-state index is 12.0. The Hall–Kier alpha value is -0.610. The molecule has 0 spiro atoms. The number of hydrogen-bond acceptors (Lipinski definition) is 3. The van der Waals surface area contributed by atoms with Crippen LogP contribution in [-0.4, -0.2) is 41.5 Å². The van der Waals surface area contributed by atoms with Crippen LogP contribution < -0.4 is 11.1 Å². The molecule has 2 saturated carbocycles. The number of rotatable bonds is 5. The van der Waals surface area contributed by atoms with Crippen LogP contribution in [0, 0.1) is 5.41 Å². The Balaban J connectivity index is 2.04. The summed E-state index contributed by atoms with van der Waals surface area (Å²) in [5.74, 6) is -0.163. The van der Waals surface area contributed by atoms with Gasteiger partial charge < -0.3 is 16.0 Å².